The first-order valence-electron chi connectivity index (χ1n) is 9.21. The van der Waals surface area contributed by atoms with Gasteiger partial charge in [0.2, 0.25) is 5.91 Å². The van der Waals surface area contributed by atoms with Crippen molar-refractivity contribution in [2.45, 2.75) is 44.9 Å². The van der Waals surface area contributed by atoms with E-state index in [4.69, 9.17) is 9.47 Å². The summed E-state index contributed by atoms with van der Waals surface area (Å²) in [7, 11) is 0. The molecule has 1 N–H and O–H groups in total. The van der Waals surface area contributed by atoms with Gasteiger partial charge >= 0.3 is 11.9 Å². The predicted molar refractivity (Wildman–Crippen MR) is 116 cm³/mol. The maximum absolute atomic E-state index is 12.4. The van der Waals surface area contributed by atoms with Crippen molar-refractivity contribution in [2.24, 2.45) is 0 Å². The van der Waals surface area contributed by atoms with Crippen LogP contribution in [0.25, 0.3) is 0 Å². The molecule has 0 saturated carbocycles. The first kappa shape index (κ1) is 23.4. The molecule has 1 amide bonds. The van der Waals surface area contributed by atoms with Gasteiger partial charge in [0.05, 0.1) is 36.6 Å². The zero-order valence-corrected chi connectivity index (χ0v) is 19.3. The Morgan fingerprint density at radius 2 is 1.90 bits per heavy atom. The summed E-state index contributed by atoms with van der Waals surface area (Å²) in [5.74, 6) is -0.822. The Balaban J connectivity index is 1.99. The van der Waals surface area contributed by atoms with Gasteiger partial charge in [0.15, 0.2) is 4.34 Å². The van der Waals surface area contributed by atoms with Crippen molar-refractivity contribution in [1.82, 2.24) is 4.98 Å². The number of anilines is 1. The fourth-order valence-corrected chi connectivity index (χ4v) is 5.39. The largest absolute Gasteiger partial charge is 0.466 e. The van der Waals surface area contributed by atoms with Gasteiger partial charge in [0.1, 0.15) is 5.00 Å². The SMILES string of the molecule is CCOC(=O)Cc1csc(SCC(=O)Nc2sc(C)c(CC)c2C(=O)OCC)n1. The normalized spacial score (nSPS) is 10.6. The summed E-state index contributed by atoms with van der Waals surface area (Å²) >= 11 is 4.04. The number of nitrogens with zero attached hydrogens (tertiary/aromatic N) is 1. The Morgan fingerprint density at radius 1 is 1.17 bits per heavy atom. The molecule has 0 aliphatic heterocycles. The van der Waals surface area contributed by atoms with Gasteiger partial charge in [0.25, 0.3) is 0 Å². The Morgan fingerprint density at radius 3 is 2.55 bits per heavy atom. The van der Waals surface area contributed by atoms with Crippen LogP contribution in [0.2, 0.25) is 0 Å². The molecule has 7 nitrogen and oxygen atoms in total. The third-order valence-corrected chi connectivity index (χ3v) is 6.92. The summed E-state index contributed by atoms with van der Waals surface area (Å²) in [6, 6.07) is 0. The topological polar surface area (TPSA) is 94.6 Å². The Kier molecular flexibility index (Phi) is 9.12. The number of aryl methyl sites for hydroxylation is 1. The zero-order chi connectivity index (χ0) is 21.4. The van der Waals surface area contributed by atoms with E-state index in [0.717, 1.165) is 10.4 Å². The monoisotopic (exact) mass is 456 g/mol. The van der Waals surface area contributed by atoms with Crippen LogP contribution in [0.3, 0.4) is 0 Å². The van der Waals surface area contributed by atoms with Crippen LogP contribution in [-0.2, 0) is 31.9 Å². The number of carbonyl (C=O) groups is 3. The number of thioether (sulfide) groups is 1. The summed E-state index contributed by atoms with van der Waals surface area (Å²) in [6.45, 7) is 8.01. The molecule has 29 heavy (non-hydrogen) atoms. The average molecular weight is 457 g/mol. The number of hydrogen-bond donors (Lipinski definition) is 1. The maximum Gasteiger partial charge on any atom is 0.341 e. The first-order valence-corrected chi connectivity index (χ1v) is 11.9. The van der Waals surface area contributed by atoms with Gasteiger partial charge in [-0.25, -0.2) is 9.78 Å². The number of thiophene rings is 1. The summed E-state index contributed by atoms with van der Waals surface area (Å²) in [4.78, 5) is 41.6. The predicted octanol–water partition coefficient (Wildman–Crippen LogP) is 4.09. The van der Waals surface area contributed by atoms with E-state index in [1.165, 1.54) is 34.4 Å². The molecular weight excluding hydrogens is 432 g/mol. The number of amides is 1. The van der Waals surface area contributed by atoms with Crippen LogP contribution in [0.5, 0.6) is 0 Å². The second-order valence-electron chi connectivity index (χ2n) is 5.84. The van der Waals surface area contributed by atoms with Crippen LogP contribution in [0.4, 0.5) is 5.00 Å². The van der Waals surface area contributed by atoms with E-state index >= 15 is 0 Å². The highest BCUT2D eigenvalue weighted by molar-refractivity contribution is 8.01. The van der Waals surface area contributed by atoms with Crippen LogP contribution in [0, 0.1) is 6.92 Å². The van der Waals surface area contributed by atoms with E-state index in [1.807, 2.05) is 13.8 Å². The van der Waals surface area contributed by atoms with Crippen LogP contribution >= 0.6 is 34.4 Å². The number of rotatable bonds is 10. The molecular formula is C19H24N2O5S3. The van der Waals surface area contributed by atoms with E-state index in [9.17, 15) is 14.4 Å². The van der Waals surface area contributed by atoms with Gasteiger partial charge in [-0.3, -0.25) is 9.59 Å². The van der Waals surface area contributed by atoms with Gasteiger partial charge in [-0.2, -0.15) is 0 Å². The molecule has 0 unspecified atom stereocenters. The number of aromatic nitrogens is 1. The fraction of sp³-hybridized carbons (Fsp3) is 0.474. The molecule has 0 aliphatic carbocycles. The second-order valence-corrected chi connectivity index (χ2v) is 9.14. The van der Waals surface area contributed by atoms with Gasteiger partial charge in [-0.15, -0.1) is 22.7 Å². The molecule has 0 aliphatic rings. The van der Waals surface area contributed by atoms with Gasteiger partial charge in [-0.1, -0.05) is 18.7 Å². The summed E-state index contributed by atoms with van der Waals surface area (Å²) in [5, 5.41) is 5.13. The highest BCUT2D eigenvalue weighted by Crippen LogP contribution is 2.34. The molecule has 0 aromatic carbocycles. The second kappa shape index (κ2) is 11.3. The lowest BCUT2D eigenvalue weighted by Gasteiger charge is -2.07. The Labute approximate surface area is 182 Å². The minimum atomic E-state index is -0.416. The first-order chi connectivity index (χ1) is 13.9. The molecule has 10 heteroatoms. The third kappa shape index (κ3) is 6.55. The molecule has 0 atom stereocenters. The summed E-state index contributed by atoms with van der Waals surface area (Å²) < 4.78 is 10.8. The molecule has 0 radical (unpaired) electrons. The van der Waals surface area contributed by atoms with E-state index in [-0.39, 0.29) is 30.7 Å². The molecule has 0 bridgehead atoms. The van der Waals surface area contributed by atoms with Gasteiger partial charge in [-0.05, 0) is 32.8 Å². The van der Waals surface area contributed by atoms with E-state index in [0.29, 0.717) is 33.6 Å². The number of thiazole rings is 1. The van der Waals surface area contributed by atoms with Crippen molar-refractivity contribution in [3.8, 4) is 0 Å². The van der Waals surface area contributed by atoms with Crippen molar-refractivity contribution < 1.29 is 23.9 Å². The lowest BCUT2D eigenvalue weighted by atomic mass is 10.1. The smallest absolute Gasteiger partial charge is 0.341 e. The molecule has 158 valence electrons. The van der Waals surface area contributed by atoms with E-state index in [2.05, 4.69) is 10.3 Å². The molecule has 2 aromatic heterocycles. The fourth-order valence-electron chi connectivity index (χ4n) is 2.60. The van der Waals surface area contributed by atoms with Gasteiger partial charge < -0.3 is 14.8 Å². The Bertz CT molecular complexity index is 875. The molecule has 2 heterocycles. The summed E-state index contributed by atoms with van der Waals surface area (Å²) in [6.07, 6.45) is 0.803. The van der Waals surface area contributed by atoms with Crippen molar-refractivity contribution in [3.63, 3.8) is 0 Å². The van der Waals surface area contributed by atoms with Gasteiger partial charge in [0, 0.05) is 10.3 Å². The quantitative estimate of drug-likeness (QED) is 0.425. The van der Waals surface area contributed by atoms with Crippen LogP contribution < -0.4 is 5.32 Å². The third-order valence-electron chi connectivity index (χ3n) is 3.78. The molecule has 2 aromatic rings. The standard InChI is InChI=1S/C19H24N2O5S3/c1-5-13-11(4)29-17(16(13)18(24)26-7-3)21-14(22)10-28-19-20-12(9-27-19)8-15(23)25-6-2/h9H,5-8,10H2,1-4H3,(H,21,22). The summed E-state index contributed by atoms with van der Waals surface area (Å²) in [5.41, 5.74) is 1.98. The van der Waals surface area contributed by atoms with E-state index < -0.39 is 5.97 Å². The number of ether oxygens (including phenoxy) is 2. The number of carbonyl (C=O) groups excluding carboxylic acids is 3. The van der Waals surface area contributed by atoms with Crippen molar-refractivity contribution >= 4 is 57.3 Å². The lowest BCUT2D eigenvalue weighted by Crippen LogP contribution is -2.16. The maximum atomic E-state index is 12.4. The van der Waals surface area contributed by atoms with E-state index in [1.54, 1.807) is 19.2 Å². The van der Waals surface area contributed by atoms with Crippen molar-refractivity contribution in [2.75, 3.05) is 24.3 Å². The van der Waals surface area contributed by atoms with Crippen molar-refractivity contribution in [3.05, 3.63) is 27.1 Å². The highest BCUT2D eigenvalue weighted by Gasteiger charge is 2.23. The van der Waals surface area contributed by atoms with Crippen molar-refractivity contribution in [1.29, 1.82) is 0 Å². The lowest BCUT2D eigenvalue weighted by molar-refractivity contribution is -0.142. The zero-order valence-electron chi connectivity index (χ0n) is 16.8. The molecule has 0 spiro atoms. The van der Waals surface area contributed by atoms with Crippen LogP contribution in [-0.4, -0.2) is 41.8 Å². The molecule has 0 fully saturated rings. The minimum absolute atomic E-state index is 0.119. The van der Waals surface area contributed by atoms with Crippen LogP contribution in [0.15, 0.2) is 9.72 Å². The Hall–Kier alpha value is -1.91. The number of nitrogens with one attached hydrogen (secondary N) is 1. The molecule has 0 saturated heterocycles. The molecule has 2 rings (SSSR count). The minimum Gasteiger partial charge on any atom is -0.466 e. The number of hydrogen-bond acceptors (Lipinski definition) is 9. The average Bonchev–Trinajstić information content (AvgIpc) is 3.23. The van der Waals surface area contributed by atoms with Crippen LogP contribution in [0.1, 0.15) is 47.3 Å². The highest BCUT2D eigenvalue weighted by atomic mass is 32.2. The number of esters is 2.